The summed E-state index contributed by atoms with van der Waals surface area (Å²) in [6.07, 6.45) is 3.04. The van der Waals surface area contributed by atoms with E-state index in [0.717, 1.165) is 16.7 Å². The summed E-state index contributed by atoms with van der Waals surface area (Å²) in [6, 6.07) is 9.95. The molecule has 0 atom stereocenters. The van der Waals surface area contributed by atoms with Gasteiger partial charge >= 0.3 is 0 Å². The molecule has 0 aliphatic carbocycles. The summed E-state index contributed by atoms with van der Waals surface area (Å²) < 4.78 is 0.932. The summed E-state index contributed by atoms with van der Waals surface area (Å²) in [4.78, 5) is 39.8. The molecule has 9 heteroatoms. The molecule has 0 amide bonds. The lowest BCUT2D eigenvalue weighted by atomic mass is 9.97. The fourth-order valence-corrected chi connectivity index (χ4v) is 2.92. The van der Waals surface area contributed by atoms with Crippen LogP contribution in [-0.2, 0) is 6.54 Å². The van der Waals surface area contributed by atoms with Gasteiger partial charge in [-0.2, -0.15) is 5.26 Å². The quantitative estimate of drug-likeness (QED) is 0.400. The Morgan fingerprint density at radius 1 is 1.31 bits per heavy atom. The molecule has 0 aliphatic rings. The molecule has 0 unspecified atom stereocenters. The Hall–Kier alpha value is -4.32. The number of nitro benzene ring substituents is 1. The molecule has 2 aromatic heterocycles. The third kappa shape index (κ3) is 3.59. The molecular formula is C20H14N4O5. The number of hydrogen-bond donors (Lipinski definition) is 1. The number of carbonyl (C=O) groups is 1. The Balaban J connectivity index is 2.16. The van der Waals surface area contributed by atoms with Crippen LogP contribution in [0.25, 0.3) is 0 Å². The standard InChI is InChI=1S/C20H14N4O5/c1-12-16(9-21)19(26)23(11-13-3-2-8-22-10-13)20(27)17(12)18(25)14-4-6-15(7-5-14)24(28)29/h2-8,10,27H,11H2,1H3. The lowest BCUT2D eigenvalue weighted by Gasteiger charge is -2.15. The molecule has 2 heterocycles. The Morgan fingerprint density at radius 2 is 2.00 bits per heavy atom. The number of rotatable bonds is 5. The SMILES string of the molecule is Cc1c(C(=O)c2ccc([N+](=O)[O-])cc2)c(O)n(Cc2cccnc2)c(=O)c1C#N. The zero-order chi connectivity index (χ0) is 21.1. The van der Waals surface area contributed by atoms with Crippen molar-refractivity contribution in [3.05, 3.63) is 97.1 Å². The maximum absolute atomic E-state index is 13.0. The largest absolute Gasteiger partial charge is 0.494 e. The van der Waals surface area contributed by atoms with Gasteiger partial charge in [0.2, 0.25) is 5.88 Å². The summed E-state index contributed by atoms with van der Waals surface area (Å²) in [7, 11) is 0. The molecule has 0 spiro atoms. The van der Waals surface area contributed by atoms with E-state index in [-0.39, 0.29) is 34.5 Å². The van der Waals surface area contributed by atoms with Crippen LogP contribution in [-0.4, -0.2) is 25.4 Å². The molecule has 29 heavy (non-hydrogen) atoms. The van der Waals surface area contributed by atoms with Crippen LogP contribution in [0.1, 0.15) is 32.6 Å². The topological polar surface area (TPSA) is 139 Å². The zero-order valence-corrected chi connectivity index (χ0v) is 15.2. The number of hydrogen-bond acceptors (Lipinski definition) is 7. The third-order valence-electron chi connectivity index (χ3n) is 4.43. The number of ketones is 1. The Morgan fingerprint density at radius 3 is 2.55 bits per heavy atom. The van der Waals surface area contributed by atoms with E-state index in [2.05, 4.69) is 4.98 Å². The molecule has 3 aromatic rings. The van der Waals surface area contributed by atoms with Crippen molar-refractivity contribution in [2.45, 2.75) is 13.5 Å². The van der Waals surface area contributed by atoms with Gasteiger partial charge in [-0.3, -0.25) is 29.3 Å². The van der Waals surface area contributed by atoms with Crippen LogP contribution in [0, 0.1) is 28.4 Å². The number of carbonyl (C=O) groups excluding carboxylic acids is 1. The van der Waals surface area contributed by atoms with Crippen LogP contribution in [0.3, 0.4) is 0 Å². The summed E-state index contributed by atoms with van der Waals surface area (Å²) >= 11 is 0. The molecule has 0 radical (unpaired) electrons. The van der Waals surface area contributed by atoms with E-state index in [9.17, 15) is 30.1 Å². The number of nitrogens with zero attached hydrogens (tertiary/aromatic N) is 4. The van der Waals surface area contributed by atoms with Crippen LogP contribution >= 0.6 is 0 Å². The molecule has 0 saturated carbocycles. The third-order valence-corrected chi connectivity index (χ3v) is 4.43. The van der Waals surface area contributed by atoms with Gasteiger partial charge in [0.25, 0.3) is 11.2 Å². The summed E-state index contributed by atoms with van der Waals surface area (Å²) in [5.41, 5.74) is -0.694. The molecule has 9 nitrogen and oxygen atoms in total. The van der Waals surface area contributed by atoms with Gasteiger partial charge in [0, 0.05) is 30.1 Å². The van der Waals surface area contributed by atoms with Crippen molar-refractivity contribution < 1.29 is 14.8 Å². The van der Waals surface area contributed by atoms with Gasteiger partial charge in [0.1, 0.15) is 11.6 Å². The average Bonchev–Trinajstić information content (AvgIpc) is 2.72. The highest BCUT2D eigenvalue weighted by atomic mass is 16.6. The van der Waals surface area contributed by atoms with Gasteiger partial charge in [-0.1, -0.05) is 6.07 Å². The minimum absolute atomic E-state index is 0.0424. The van der Waals surface area contributed by atoms with Crippen LogP contribution in [0.15, 0.2) is 53.6 Å². The van der Waals surface area contributed by atoms with E-state index in [1.807, 2.05) is 0 Å². The first-order valence-corrected chi connectivity index (χ1v) is 8.39. The zero-order valence-electron chi connectivity index (χ0n) is 15.2. The average molecular weight is 390 g/mol. The Kier molecular flexibility index (Phi) is 5.19. The highest BCUT2D eigenvalue weighted by molar-refractivity contribution is 6.11. The van der Waals surface area contributed by atoms with E-state index in [4.69, 9.17) is 0 Å². The van der Waals surface area contributed by atoms with Crippen LogP contribution in [0.5, 0.6) is 5.88 Å². The van der Waals surface area contributed by atoms with Gasteiger partial charge in [-0.05, 0) is 36.2 Å². The predicted octanol–water partition coefficient (Wildman–Crippen LogP) is 2.32. The summed E-state index contributed by atoms with van der Waals surface area (Å²) in [5, 5.41) is 30.9. The van der Waals surface area contributed by atoms with Gasteiger partial charge in [-0.25, -0.2) is 0 Å². The maximum Gasteiger partial charge on any atom is 0.271 e. The molecule has 0 bridgehead atoms. The monoisotopic (exact) mass is 390 g/mol. The molecule has 0 aliphatic heterocycles. The molecule has 1 aromatic carbocycles. The molecule has 0 saturated heterocycles. The smallest absolute Gasteiger partial charge is 0.271 e. The summed E-state index contributed by atoms with van der Waals surface area (Å²) in [6.45, 7) is 1.31. The second kappa shape index (κ2) is 7.74. The molecule has 0 fully saturated rings. The van der Waals surface area contributed by atoms with E-state index >= 15 is 0 Å². The fourth-order valence-electron chi connectivity index (χ4n) is 2.92. The van der Waals surface area contributed by atoms with Crippen molar-refractivity contribution >= 4 is 11.5 Å². The number of non-ortho nitro benzene ring substituents is 1. The van der Waals surface area contributed by atoms with Gasteiger partial charge in [-0.15, -0.1) is 0 Å². The van der Waals surface area contributed by atoms with Gasteiger partial charge < -0.3 is 5.11 Å². The maximum atomic E-state index is 13.0. The van der Waals surface area contributed by atoms with Crippen molar-refractivity contribution in [2.75, 3.05) is 0 Å². The van der Waals surface area contributed by atoms with Gasteiger partial charge in [0.05, 0.1) is 17.0 Å². The Labute approximate surface area is 164 Å². The first-order valence-electron chi connectivity index (χ1n) is 8.39. The minimum atomic E-state index is -0.730. The molecule has 1 N–H and O–H groups in total. The lowest BCUT2D eigenvalue weighted by molar-refractivity contribution is -0.384. The fraction of sp³-hybridized carbons (Fsp3) is 0.100. The first-order chi connectivity index (χ1) is 13.8. The van der Waals surface area contributed by atoms with Gasteiger partial charge in [0.15, 0.2) is 5.78 Å². The first kappa shape index (κ1) is 19.4. The number of nitro groups is 1. The molecular weight excluding hydrogens is 376 g/mol. The van der Waals surface area contributed by atoms with Crippen molar-refractivity contribution in [3.8, 4) is 11.9 Å². The second-order valence-electron chi connectivity index (χ2n) is 6.20. The number of aromatic hydroxyl groups is 1. The van der Waals surface area contributed by atoms with E-state index in [0.29, 0.717) is 5.56 Å². The number of aromatic nitrogens is 2. The number of pyridine rings is 2. The summed E-state index contributed by atoms with van der Waals surface area (Å²) in [5.74, 6) is -1.25. The van der Waals surface area contributed by atoms with Crippen LogP contribution < -0.4 is 5.56 Å². The molecule has 144 valence electrons. The van der Waals surface area contributed by atoms with E-state index < -0.39 is 22.1 Å². The van der Waals surface area contributed by atoms with Crippen molar-refractivity contribution in [2.24, 2.45) is 0 Å². The van der Waals surface area contributed by atoms with Crippen LogP contribution in [0.2, 0.25) is 0 Å². The normalized spacial score (nSPS) is 10.3. The lowest BCUT2D eigenvalue weighted by Crippen LogP contribution is -2.27. The van der Waals surface area contributed by atoms with E-state index in [1.54, 1.807) is 24.4 Å². The molecule has 3 rings (SSSR count). The highest BCUT2D eigenvalue weighted by Crippen LogP contribution is 2.26. The minimum Gasteiger partial charge on any atom is -0.494 e. The predicted molar refractivity (Wildman–Crippen MR) is 102 cm³/mol. The van der Waals surface area contributed by atoms with Crippen molar-refractivity contribution in [3.63, 3.8) is 0 Å². The van der Waals surface area contributed by atoms with Crippen LogP contribution in [0.4, 0.5) is 5.69 Å². The van der Waals surface area contributed by atoms with Crippen molar-refractivity contribution in [1.82, 2.24) is 9.55 Å². The number of benzene rings is 1. The second-order valence-corrected chi connectivity index (χ2v) is 6.20. The van der Waals surface area contributed by atoms with Crippen molar-refractivity contribution in [1.29, 1.82) is 5.26 Å². The van der Waals surface area contributed by atoms with E-state index in [1.165, 1.54) is 25.3 Å². The highest BCUT2D eigenvalue weighted by Gasteiger charge is 2.25. The number of nitriles is 1. The Bertz CT molecular complexity index is 1210.